The normalized spacial score (nSPS) is 12.1. The van der Waals surface area contributed by atoms with Crippen LogP contribution in [-0.2, 0) is 9.53 Å². The van der Waals surface area contributed by atoms with E-state index in [1.54, 1.807) is 0 Å². The van der Waals surface area contributed by atoms with Crippen LogP contribution in [0.4, 0.5) is 0 Å². The number of hydrogen-bond donors (Lipinski definition) is 1. The molecule has 0 saturated heterocycles. The van der Waals surface area contributed by atoms with E-state index < -0.39 is 0 Å². The van der Waals surface area contributed by atoms with Crippen LogP contribution in [0.15, 0.2) is 0 Å². The van der Waals surface area contributed by atoms with Crippen LogP contribution in [0.25, 0.3) is 0 Å². The summed E-state index contributed by atoms with van der Waals surface area (Å²) in [5.74, 6) is 0.303. The molecule has 0 heterocycles. The maximum atomic E-state index is 10.8. The summed E-state index contributed by atoms with van der Waals surface area (Å²) < 4.78 is 4.55. The molecule has 0 fully saturated rings. The van der Waals surface area contributed by atoms with Crippen molar-refractivity contribution in [1.29, 1.82) is 0 Å². The van der Waals surface area contributed by atoms with Gasteiger partial charge in [-0.1, -0.05) is 13.8 Å². The quantitative estimate of drug-likeness (QED) is 0.754. The van der Waals surface area contributed by atoms with E-state index in [0.717, 1.165) is 0 Å². The highest BCUT2D eigenvalue weighted by atomic mass is 79.9. The molecule has 0 aromatic heterocycles. The van der Waals surface area contributed by atoms with Crippen LogP contribution < -0.4 is 5.32 Å². The Kier molecular flexibility index (Phi) is 9.09. The first-order valence-corrected chi connectivity index (χ1v) is 3.86. The largest absolute Gasteiger partial charge is 0.469 e. The fourth-order valence-corrected chi connectivity index (χ4v) is 0.934. The number of ether oxygens (including phenoxy) is 1. The molecule has 0 aromatic rings. The average molecular weight is 240 g/mol. The van der Waals surface area contributed by atoms with Crippen molar-refractivity contribution in [2.75, 3.05) is 14.2 Å². The third-order valence-corrected chi connectivity index (χ3v) is 1.79. The lowest BCUT2D eigenvalue weighted by Gasteiger charge is -2.18. The van der Waals surface area contributed by atoms with E-state index >= 15 is 0 Å². The zero-order chi connectivity index (χ0) is 8.85. The van der Waals surface area contributed by atoms with Gasteiger partial charge in [0.05, 0.1) is 13.5 Å². The Hall–Kier alpha value is -0.0900. The minimum Gasteiger partial charge on any atom is -0.469 e. The second-order valence-electron chi connectivity index (χ2n) is 2.92. The van der Waals surface area contributed by atoms with Gasteiger partial charge in [-0.25, -0.2) is 0 Å². The molecule has 0 unspecified atom stereocenters. The lowest BCUT2D eigenvalue weighted by Crippen LogP contribution is -2.33. The summed E-state index contributed by atoms with van der Waals surface area (Å²) in [6.45, 7) is 4.15. The van der Waals surface area contributed by atoms with Crippen molar-refractivity contribution in [2.45, 2.75) is 26.3 Å². The number of rotatable bonds is 4. The standard InChI is InChI=1S/C8H17NO2.BrH/c1-6(2)7(9-3)5-8(10)11-4;/h6-7,9H,5H2,1-4H3;1H/t7-;/m0./s1. The Morgan fingerprint density at radius 2 is 2.00 bits per heavy atom. The summed E-state index contributed by atoms with van der Waals surface area (Å²) in [7, 11) is 3.27. The zero-order valence-electron chi connectivity index (χ0n) is 8.09. The Labute approximate surface area is 84.6 Å². The topological polar surface area (TPSA) is 38.3 Å². The monoisotopic (exact) mass is 239 g/mol. The Morgan fingerprint density at radius 3 is 2.25 bits per heavy atom. The van der Waals surface area contributed by atoms with Crippen LogP contribution in [-0.4, -0.2) is 26.2 Å². The fourth-order valence-electron chi connectivity index (χ4n) is 0.934. The van der Waals surface area contributed by atoms with E-state index in [0.29, 0.717) is 12.3 Å². The molecule has 1 atom stereocenters. The molecule has 12 heavy (non-hydrogen) atoms. The SMILES string of the molecule is Br.CN[C@@H](CC(=O)OC)C(C)C. The van der Waals surface area contributed by atoms with Crippen molar-refractivity contribution in [3.05, 3.63) is 0 Å². The molecule has 1 N–H and O–H groups in total. The molecular formula is C8H18BrNO2. The molecule has 0 aliphatic heterocycles. The molecule has 3 nitrogen and oxygen atoms in total. The van der Waals surface area contributed by atoms with E-state index in [1.165, 1.54) is 7.11 Å². The molecule has 0 rings (SSSR count). The number of methoxy groups -OCH3 is 1. The Balaban J connectivity index is 0. The number of carbonyl (C=O) groups excluding carboxylic acids is 1. The Bertz CT molecular complexity index is 128. The van der Waals surface area contributed by atoms with Crippen LogP contribution in [0.5, 0.6) is 0 Å². The Morgan fingerprint density at radius 1 is 1.50 bits per heavy atom. The van der Waals surface area contributed by atoms with E-state index in [9.17, 15) is 4.79 Å². The average Bonchev–Trinajstić information content (AvgIpc) is 1.99. The molecule has 4 heteroatoms. The third kappa shape index (κ3) is 5.55. The predicted molar refractivity (Wildman–Crippen MR) is 54.6 cm³/mol. The smallest absolute Gasteiger partial charge is 0.307 e. The summed E-state index contributed by atoms with van der Waals surface area (Å²) in [6, 6.07) is 0.224. The van der Waals surface area contributed by atoms with Crippen molar-refractivity contribution >= 4 is 23.0 Å². The molecule has 74 valence electrons. The van der Waals surface area contributed by atoms with Crippen LogP contribution >= 0.6 is 17.0 Å². The summed E-state index contributed by atoms with van der Waals surface area (Å²) in [6.07, 6.45) is 0.449. The van der Waals surface area contributed by atoms with Gasteiger partial charge in [-0.2, -0.15) is 0 Å². The van der Waals surface area contributed by atoms with Crippen molar-refractivity contribution in [3.8, 4) is 0 Å². The van der Waals surface area contributed by atoms with E-state index in [2.05, 4.69) is 23.9 Å². The lowest BCUT2D eigenvalue weighted by molar-refractivity contribution is -0.141. The van der Waals surface area contributed by atoms with Gasteiger partial charge in [0.1, 0.15) is 0 Å². The van der Waals surface area contributed by atoms with Gasteiger partial charge in [0, 0.05) is 6.04 Å². The van der Waals surface area contributed by atoms with Crippen LogP contribution in [0, 0.1) is 5.92 Å². The summed E-state index contributed by atoms with van der Waals surface area (Å²) >= 11 is 0. The van der Waals surface area contributed by atoms with Gasteiger partial charge in [-0.15, -0.1) is 17.0 Å². The van der Waals surface area contributed by atoms with Gasteiger partial charge < -0.3 is 10.1 Å². The van der Waals surface area contributed by atoms with Crippen LogP contribution in [0.3, 0.4) is 0 Å². The number of halogens is 1. The van der Waals surface area contributed by atoms with E-state index in [4.69, 9.17) is 0 Å². The number of hydrogen-bond acceptors (Lipinski definition) is 3. The molecule has 0 spiro atoms. The third-order valence-electron chi connectivity index (χ3n) is 1.79. The maximum absolute atomic E-state index is 10.8. The lowest BCUT2D eigenvalue weighted by atomic mass is 10.0. The highest BCUT2D eigenvalue weighted by molar-refractivity contribution is 8.93. The summed E-state index contributed by atoms with van der Waals surface area (Å²) in [5, 5.41) is 3.07. The molecule has 0 aliphatic rings. The zero-order valence-corrected chi connectivity index (χ0v) is 9.80. The molecule has 0 aromatic carbocycles. The number of carbonyl (C=O) groups is 1. The summed E-state index contributed by atoms with van der Waals surface area (Å²) in [5.41, 5.74) is 0. The minimum atomic E-state index is -0.155. The molecule has 0 aliphatic carbocycles. The molecule has 0 radical (unpaired) electrons. The predicted octanol–water partition coefficient (Wildman–Crippen LogP) is 1.37. The van der Waals surface area contributed by atoms with Gasteiger partial charge in [-0.05, 0) is 13.0 Å². The molecule has 0 saturated carbocycles. The van der Waals surface area contributed by atoms with E-state index in [-0.39, 0.29) is 29.0 Å². The van der Waals surface area contributed by atoms with Crippen LogP contribution in [0.1, 0.15) is 20.3 Å². The van der Waals surface area contributed by atoms with Gasteiger partial charge >= 0.3 is 5.97 Å². The van der Waals surface area contributed by atoms with Crippen molar-refractivity contribution in [3.63, 3.8) is 0 Å². The van der Waals surface area contributed by atoms with Crippen molar-refractivity contribution in [2.24, 2.45) is 5.92 Å². The molecule has 0 amide bonds. The van der Waals surface area contributed by atoms with Gasteiger partial charge in [0.2, 0.25) is 0 Å². The summed E-state index contributed by atoms with van der Waals surface area (Å²) in [4.78, 5) is 10.8. The maximum Gasteiger partial charge on any atom is 0.307 e. The first kappa shape index (κ1) is 14.4. The minimum absolute atomic E-state index is 0. The number of esters is 1. The van der Waals surface area contributed by atoms with Crippen molar-refractivity contribution in [1.82, 2.24) is 5.32 Å². The second-order valence-corrected chi connectivity index (χ2v) is 2.92. The first-order chi connectivity index (χ1) is 5.11. The fraction of sp³-hybridized carbons (Fsp3) is 0.875. The second kappa shape index (κ2) is 7.55. The van der Waals surface area contributed by atoms with Gasteiger partial charge in [0.25, 0.3) is 0 Å². The van der Waals surface area contributed by atoms with E-state index in [1.807, 2.05) is 7.05 Å². The molecular weight excluding hydrogens is 222 g/mol. The molecule has 0 bridgehead atoms. The number of nitrogens with one attached hydrogen (secondary N) is 1. The van der Waals surface area contributed by atoms with Crippen LogP contribution in [0.2, 0.25) is 0 Å². The van der Waals surface area contributed by atoms with Crippen molar-refractivity contribution < 1.29 is 9.53 Å². The highest BCUT2D eigenvalue weighted by Gasteiger charge is 2.14. The van der Waals surface area contributed by atoms with Gasteiger partial charge in [0.15, 0.2) is 0 Å². The van der Waals surface area contributed by atoms with Gasteiger partial charge in [-0.3, -0.25) is 4.79 Å². The highest BCUT2D eigenvalue weighted by Crippen LogP contribution is 2.05. The first-order valence-electron chi connectivity index (χ1n) is 3.86.